The standard InChI is InChI=1S/C35H37N5O5/c1-8-22-18(2)28-15-33-25(17-36-43)21(5)27(40-33)13-26-19(3)23(9-11-34(41)44-6)31(38-26)16-32-24(10-12-35(42)45-7)20(4)29(39-32)14-30(22)37-28/h8,13-17,36-37,43H,1,9-12H2,2-7H3/b25-17+,26-13?,28-15?,30-14?,32-16?. The maximum atomic E-state index is 12.2. The van der Waals surface area contributed by atoms with Gasteiger partial charge >= 0.3 is 11.9 Å². The molecule has 0 amide bonds. The smallest absolute Gasteiger partial charge is 0.305 e. The number of esters is 2. The van der Waals surface area contributed by atoms with Crippen molar-refractivity contribution in [3.63, 3.8) is 0 Å². The Morgan fingerprint density at radius 1 is 0.822 bits per heavy atom. The minimum atomic E-state index is -0.313. The number of H-pyrrole nitrogens is 1. The number of methoxy groups -OCH3 is 2. The number of hydrogen-bond donors (Lipinski definition) is 3. The lowest BCUT2D eigenvalue weighted by atomic mass is 9.96. The highest BCUT2D eigenvalue weighted by atomic mass is 16.5. The van der Waals surface area contributed by atoms with Gasteiger partial charge in [-0.05, 0) is 98.3 Å². The second-order valence-electron chi connectivity index (χ2n) is 11.1. The Balaban J connectivity index is 1.80. The van der Waals surface area contributed by atoms with Crippen molar-refractivity contribution in [3.8, 4) is 0 Å². The van der Waals surface area contributed by atoms with Crippen LogP contribution in [0.25, 0.3) is 18.2 Å². The minimum absolute atomic E-state index is 0.192. The van der Waals surface area contributed by atoms with E-state index in [4.69, 9.17) is 24.5 Å². The van der Waals surface area contributed by atoms with E-state index in [-0.39, 0.29) is 24.8 Å². The highest BCUT2D eigenvalue weighted by molar-refractivity contribution is 6.25. The van der Waals surface area contributed by atoms with Crippen LogP contribution in [0.3, 0.4) is 0 Å². The minimum Gasteiger partial charge on any atom is -0.469 e. The summed E-state index contributed by atoms with van der Waals surface area (Å²) in [7, 11) is 2.76. The van der Waals surface area contributed by atoms with Crippen LogP contribution in [0.1, 0.15) is 57.6 Å². The molecular formula is C35H37N5O5. The van der Waals surface area contributed by atoms with E-state index < -0.39 is 0 Å². The molecule has 8 bridgehead atoms. The first kappa shape index (κ1) is 31.3. The molecule has 0 spiro atoms. The van der Waals surface area contributed by atoms with Gasteiger partial charge in [-0.3, -0.25) is 20.3 Å². The fourth-order valence-corrected chi connectivity index (χ4v) is 5.87. The second kappa shape index (κ2) is 12.9. The molecule has 1 aromatic heterocycles. The molecule has 0 unspecified atom stereocenters. The third kappa shape index (κ3) is 6.01. The molecule has 1 aromatic rings. The zero-order valence-electron chi connectivity index (χ0n) is 26.4. The van der Waals surface area contributed by atoms with Crippen molar-refractivity contribution in [3.05, 3.63) is 97.3 Å². The third-order valence-corrected chi connectivity index (χ3v) is 8.58. The number of ether oxygens (including phenoxy) is 2. The molecule has 5 rings (SSSR count). The number of hydroxylamine groups is 1. The molecule has 232 valence electrons. The Morgan fingerprint density at radius 2 is 1.47 bits per heavy atom. The maximum Gasteiger partial charge on any atom is 0.305 e. The molecule has 5 heterocycles. The highest BCUT2D eigenvalue weighted by Crippen LogP contribution is 2.36. The Bertz CT molecular complexity index is 1940. The Kier molecular flexibility index (Phi) is 8.96. The van der Waals surface area contributed by atoms with Gasteiger partial charge in [0.2, 0.25) is 0 Å². The average molecular weight is 608 g/mol. The first-order valence-electron chi connectivity index (χ1n) is 14.7. The highest BCUT2D eigenvalue weighted by Gasteiger charge is 2.27. The molecule has 0 atom stereocenters. The summed E-state index contributed by atoms with van der Waals surface area (Å²) in [5.74, 6) is -0.616. The van der Waals surface area contributed by atoms with E-state index in [9.17, 15) is 14.8 Å². The van der Waals surface area contributed by atoms with Gasteiger partial charge in [-0.25, -0.2) is 15.0 Å². The number of aromatic amines is 1. The van der Waals surface area contributed by atoms with Crippen LogP contribution in [0.4, 0.5) is 0 Å². The Hall–Kier alpha value is -5.09. The second-order valence-corrected chi connectivity index (χ2v) is 11.1. The van der Waals surface area contributed by atoms with Crippen LogP contribution in [-0.2, 0) is 19.1 Å². The summed E-state index contributed by atoms with van der Waals surface area (Å²) in [6.45, 7) is 12.0. The molecule has 0 aliphatic carbocycles. The van der Waals surface area contributed by atoms with Crippen molar-refractivity contribution in [2.45, 2.75) is 53.4 Å². The van der Waals surface area contributed by atoms with Crippen molar-refractivity contribution >= 4 is 47.3 Å². The molecule has 10 nitrogen and oxygen atoms in total. The largest absolute Gasteiger partial charge is 0.469 e. The number of fused-ring (bicyclic) bond motifs is 5. The molecule has 0 radical (unpaired) electrons. The monoisotopic (exact) mass is 607 g/mol. The van der Waals surface area contributed by atoms with Gasteiger partial charge in [-0.15, -0.1) is 0 Å². The number of rotatable bonds is 8. The number of nitrogens with one attached hydrogen (secondary N) is 2. The molecule has 0 fully saturated rings. The van der Waals surface area contributed by atoms with E-state index in [0.29, 0.717) is 41.4 Å². The van der Waals surface area contributed by atoms with Gasteiger partial charge in [-0.2, -0.15) is 0 Å². The van der Waals surface area contributed by atoms with Gasteiger partial charge < -0.3 is 14.5 Å². The van der Waals surface area contributed by atoms with Crippen molar-refractivity contribution in [1.29, 1.82) is 0 Å². The van der Waals surface area contributed by atoms with Crippen LogP contribution >= 0.6 is 0 Å². The average Bonchev–Trinajstić information content (AvgIpc) is 3.68. The molecule has 0 saturated heterocycles. The lowest BCUT2D eigenvalue weighted by Crippen LogP contribution is -2.15. The van der Waals surface area contributed by atoms with E-state index >= 15 is 0 Å². The third-order valence-electron chi connectivity index (χ3n) is 8.58. The molecular weight excluding hydrogens is 570 g/mol. The summed E-state index contributed by atoms with van der Waals surface area (Å²) >= 11 is 0. The summed E-state index contributed by atoms with van der Waals surface area (Å²) in [5.41, 5.74) is 13.6. The summed E-state index contributed by atoms with van der Waals surface area (Å²) < 4.78 is 9.85. The lowest BCUT2D eigenvalue weighted by Gasteiger charge is -2.08. The van der Waals surface area contributed by atoms with Crippen molar-refractivity contribution < 1.29 is 24.3 Å². The number of hydrogen-bond acceptors (Lipinski definition) is 9. The van der Waals surface area contributed by atoms with Crippen LogP contribution in [0.15, 0.2) is 90.4 Å². The van der Waals surface area contributed by atoms with Crippen LogP contribution in [0.5, 0.6) is 0 Å². The van der Waals surface area contributed by atoms with E-state index in [0.717, 1.165) is 61.0 Å². The molecule has 4 aliphatic heterocycles. The van der Waals surface area contributed by atoms with E-state index in [1.54, 1.807) is 0 Å². The molecule has 0 aromatic carbocycles. The van der Waals surface area contributed by atoms with Crippen LogP contribution in [-0.4, -0.2) is 53.5 Å². The lowest BCUT2D eigenvalue weighted by molar-refractivity contribution is -0.141. The van der Waals surface area contributed by atoms with E-state index in [2.05, 4.69) is 17.0 Å². The van der Waals surface area contributed by atoms with Gasteiger partial charge in [0, 0.05) is 40.9 Å². The van der Waals surface area contributed by atoms with E-state index in [1.807, 2.05) is 58.1 Å². The van der Waals surface area contributed by atoms with Gasteiger partial charge in [0.15, 0.2) is 0 Å². The predicted molar refractivity (Wildman–Crippen MR) is 176 cm³/mol. The normalized spacial score (nSPS) is 18.2. The first-order valence-corrected chi connectivity index (χ1v) is 14.7. The van der Waals surface area contributed by atoms with Gasteiger partial charge in [0.1, 0.15) is 0 Å². The predicted octanol–water partition coefficient (Wildman–Crippen LogP) is 4.35. The zero-order chi connectivity index (χ0) is 32.4. The summed E-state index contributed by atoms with van der Waals surface area (Å²) in [6, 6.07) is 0. The molecule has 4 aliphatic rings. The SMILES string of the molecule is C=Cc1c(C)c2[nH]c1=CC1=NC(=CC3=NC(=CC4=C(C)/C(=C\NO)C(=N4)C=2)C(C)=C3CCC(=O)OC)C(CCC(=O)OC)=C1C. The molecule has 45 heavy (non-hydrogen) atoms. The quantitative estimate of drug-likeness (QED) is 0.297. The van der Waals surface area contributed by atoms with Gasteiger partial charge in [0.05, 0.1) is 48.4 Å². The van der Waals surface area contributed by atoms with Gasteiger partial charge in [0.25, 0.3) is 0 Å². The molecule has 10 heteroatoms. The number of nitrogens with zero attached hydrogens (tertiary/aromatic N) is 3. The van der Waals surface area contributed by atoms with Crippen molar-refractivity contribution in [2.75, 3.05) is 14.2 Å². The maximum absolute atomic E-state index is 12.2. The van der Waals surface area contributed by atoms with Crippen LogP contribution in [0, 0.1) is 6.92 Å². The fraction of sp³-hybridized carbons (Fsp3) is 0.286. The van der Waals surface area contributed by atoms with Crippen LogP contribution < -0.4 is 16.2 Å². The topological polar surface area (TPSA) is 138 Å². The van der Waals surface area contributed by atoms with Gasteiger partial charge in [-0.1, -0.05) is 12.7 Å². The Morgan fingerprint density at radius 3 is 2.11 bits per heavy atom. The Labute approximate surface area is 261 Å². The number of carbonyl (C=O) groups excluding carboxylic acids is 2. The molecule has 3 N–H and O–H groups in total. The van der Waals surface area contributed by atoms with Crippen LogP contribution in [0.2, 0.25) is 0 Å². The summed E-state index contributed by atoms with van der Waals surface area (Å²) in [6.07, 6.45) is 12.4. The summed E-state index contributed by atoms with van der Waals surface area (Å²) in [5, 5.41) is 11.3. The number of carbonyl (C=O) groups is 2. The zero-order valence-corrected chi connectivity index (χ0v) is 26.4. The number of aliphatic imine (C=N–C) groups is 3. The molecule has 0 saturated carbocycles. The van der Waals surface area contributed by atoms with E-state index in [1.165, 1.54) is 20.4 Å². The summed E-state index contributed by atoms with van der Waals surface area (Å²) in [4.78, 5) is 42.8. The van der Waals surface area contributed by atoms with Crippen molar-refractivity contribution in [2.24, 2.45) is 15.0 Å². The fourth-order valence-electron chi connectivity index (χ4n) is 5.87. The number of aromatic nitrogens is 1. The number of allylic oxidation sites excluding steroid dienone is 8. The first-order chi connectivity index (χ1) is 21.6. The van der Waals surface area contributed by atoms with Crippen molar-refractivity contribution in [1.82, 2.24) is 10.5 Å².